The van der Waals surface area contributed by atoms with E-state index in [1.807, 2.05) is 0 Å². The first kappa shape index (κ1) is 8.97. The van der Waals surface area contributed by atoms with Gasteiger partial charge in [-0.1, -0.05) is 13.8 Å². The van der Waals surface area contributed by atoms with Crippen molar-refractivity contribution in [2.24, 2.45) is 0 Å². The van der Waals surface area contributed by atoms with Gasteiger partial charge < -0.3 is 15.2 Å². The lowest BCUT2D eigenvalue weighted by molar-refractivity contribution is -0.0871. The highest BCUT2D eigenvalue weighted by Gasteiger charge is 2.37. The summed E-state index contributed by atoms with van der Waals surface area (Å²) < 4.78 is 5.12. The van der Waals surface area contributed by atoms with Gasteiger partial charge in [0.05, 0.1) is 18.8 Å². The Morgan fingerprint density at radius 1 is 1.55 bits per heavy atom. The van der Waals surface area contributed by atoms with Crippen molar-refractivity contribution in [2.45, 2.75) is 31.8 Å². The molecule has 1 rings (SSSR count). The van der Waals surface area contributed by atoms with Gasteiger partial charge in [0.2, 0.25) is 0 Å². The molecule has 0 aliphatic carbocycles. The molecule has 1 aliphatic heterocycles. The fourth-order valence-corrected chi connectivity index (χ4v) is 1.47. The summed E-state index contributed by atoms with van der Waals surface area (Å²) in [6.45, 7) is 5.94. The zero-order valence-corrected chi connectivity index (χ0v) is 7.26. The molecule has 0 spiro atoms. The van der Waals surface area contributed by atoms with E-state index in [4.69, 9.17) is 9.84 Å². The van der Waals surface area contributed by atoms with Gasteiger partial charge in [-0.05, 0) is 6.42 Å². The monoisotopic (exact) mass is 159 g/mol. The van der Waals surface area contributed by atoms with E-state index in [1.54, 1.807) is 0 Å². The summed E-state index contributed by atoms with van der Waals surface area (Å²) >= 11 is 0. The van der Waals surface area contributed by atoms with Crippen LogP contribution >= 0.6 is 0 Å². The van der Waals surface area contributed by atoms with Crippen molar-refractivity contribution >= 4 is 0 Å². The predicted molar refractivity (Wildman–Crippen MR) is 43.5 cm³/mol. The van der Waals surface area contributed by atoms with Gasteiger partial charge in [-0.15, -0.1) is 0 Å². The van der Waals surface area contributed by atoms with E-state index in [-0.39, 0.29) is 12.1 Å². The second kappa shape index (κ2) is 3.52. The predicted octanol–water partition coefficient (Wildman–Crippen LogP) is 0.136. The Bertz CT molecular complexity index is 121. The van der Waals surface area contributed by atoms with Crippen LogP contribution in [-0.2, 0) is 4.74 Å². The van der Waals surface area contributed by atoms with Crippen LogP contribution in [0.25, 0.3) is 0 Å². The topological polar surface area (TPSA) is 41.5 Å². The molecule has 2 N–H and O–H groups in total. The van der Waals surface area contributed by atoms with E-state index >= 15 is 0 Å². The molecule has 3 heteroatoms. The summed E-state index contributed by atoms with van der Waals surface area (Å²) in [5.41, 5.74) is 0.0723. The molecule has 11 heavy (non-hydrogen) atoms. The number of aliphatic hydroxyl groups is 1. The van der Waals surface area contributed by atoms with E-state index in [0.717, 1.165) is 19.6 Å². The third kappa shape index (κ3) is 2.15. The maximum atomic E-state index is 8.78. The molecule has 3 nitrogen and oxygen atoms in total. The number of nitrogens with one attached hydrogen (secondary N) is 1. The minimum absolute atomic E-state index is 0.0723. The third-order valence-electron chi connectivity index (χ3n) is 1.94. The van der Waals surface area contributed by atoms with Crippen LogP contribution in [0.3, 0.4) is 0 Å². The number of aliphatic hydroxyl groups excluding tert-OH is 1. The first-order valence-corrected chi connectivity index (χ1v) is 4.15. The summed E-state index contributed by atoms with van der Waals surface area (Å²) in [4.78, 5) is 0. The first-order valence-electron chi connectivity index (χ1n) is 4.15. The van der Waals surface area contributed by atoms with Crippen LogP contribution in [0.4, 0.5) is 0 Å². The van der Waals surface area contributed by atoms with Crippen molar-refractivity contribution in [2.75, 3.05) is 19.8 Å². The normalized spacial score (nSPS) is 21.8. The van der Waals surface area contributed by atoms with Crippen LogP contribution in [0, 0.1) is 0 Å². The number of hydrogen-bond acceptors (Lipinski definition) is 3. The van der Waals surface area contributed by atoms with Crippen LogP contribution in [0.15, 0.2) is 0 Å². The van der Waals surface area contributed by atoms with Gasteiger partial charge in [0.15, 0.2) is 0 Å². The second-order valence-electron chi connectivity index (χ2n) is 3.55. The van der Waals surface area contributed by atoms with E-state index in [9.17, 15) is 0 Å². The van der Waals surface area contributed by atoms with Crippen molar-refractivity contribution < 1.29 is 9.84 Å². The SMILES string of the molecule is CC(C)NC1(CCO)COC1. The first-order chi connectivity index (χ1) is 5.18. The highest BCUT2D eigenvalue weighted by atomic mass is 16.5. The third-order valence-corrected chi connectivity index (χ3v) is 1.94. The van der Waals surface area contributed by atoms with Crippen LogP contribution in [-0.4, -0.2) is 36.5 Å². The fourth-order valence-electron chi connectivity index (χ4n) is 1.47. The van der Waals surface area contributed by atoms with Gasteiger partial charge in [0.1, 0.15) is 0 Å². The Balaban J connectivity index is 2.33. The molecule has 0 aromatic heterocycles. The van der Waals surface area contributed by atoms with Gasteiger partial charge in [-0.2, -0.15) is 0 Å². The maximum absolute atomic E-state index is 8.78. The summed E-state index contributed by atoms with van der Waals surface area (Å²) in [5, 5.41) is 12.2. The molecule has 0 aromatic rings. The van der Waals surface area contributed by atoms with Gasteiger partial charge >= 0.3 is 0 Å². The minimum Gasteiger partial charge on any atom is -0.396 e. The molecule has 0 bridgehead atoms. The Morgan fingerprint density at radius 2 is 2.18 bits per heavy atom. The highest BCUT2D eigenvalue weighted by Crippen LogP contribution is 2.21. The molecule has 1 saturated heterocycles. The van der Waals surface area contributed by atoms with E-state index < -0.39 is 0 Å². The average molecular weight is 159 g/mol. The van der Waals surface area contributed by atoms with Gasteiger partial charge in [-0.3, -0.25) is 0 Å². The lowest BCUT2D eigenvalue weighted by Gasteiger charge is -2.43. The standard InChI is InChI=1S/C8H17NO2/c1-7(2)9-8(3-4-10)5-11-6-8/h7,9-10H,3-6H2,1-2H3. The zero-order chi connectivity index (χ0) is 8.32. The van der Waals surface area contributed by atoms with Crippen molar-refractivity contribution in [3.63, 3.8) is 0 Å². The minimum atomic E-state index is 0.0723. The van der Waals surface area contributed by atoms with Crippen LogP contribution in [0.2, 0.25) is 0 Å². The Labute approximate surface area is 67.7 Å². The smallest absolute Gasteiger partial charge is 0.0677 e. The summed E-state index contributed by atoms with van der Waals surface area (Å²) in [6, 6.07) is 0.463. The maximum Gasteiger partial charge on any atom is 0.0677 e. The summed E-state index contributed by atoms with van der Waals surface area (Å²) in [5.74, 6) is 0. The van der Waals surface area contributed by atoms with E-state index in [2.05, 4.69) is 19.2 Å². The number of ether oxygens (including phenoxy) is 1. The van der Waals surface area contributed by atoms with Crippen molar-refractivity contribution in [3.05, 3.63) is 0 Å². The van der Waals surface area contributed by atoms with Crippen LogP contribution in [0.1, 0.15) is 20.3 Å². The van der Waals surface area contributed by atoms with Gasteiger partial charge in [0, 0.05) is 12.6 Å². The van der Waals surface area contributed by atoms with Gasteiger partial charge in [-0.25, -0.2) is 0 Å². The summed E-state index contributed by atoms with van der Waals surface area (Å²) in [6.07, 6.45) is 0.797. The highest BCUT2D eigenvalue weighted by molar-refractivity contribution is 4.94. The Kier molecular flexibility index (Phi) is 2.87. The Morgan fingerprint density at radius 3 is 2.45 bits per heavy atom. The zero-order valence-electron chi connectivity index (χ0n) is 7.26. The van der Waals surface area contributed by atoms with Crippen LogP contribution in [0.5, 0.6) is 0 Å². The molecule has 66 valence electrons. The van der Waals surface area contributed by atoms with Crippen LogP contribution < -0.4 is 5.32 Å². The fraction of sp³-hybridized carbons (Fsp3) is 1.00. The molecular formula is C8H17NO2. The average Bonchev–Trinajstić information content (AvgIpc) is 1.82. The van der Waals surface area contributed by atoms with Crippen molar-refractivity contribution in [3.8, 4) is 0 Å². The lowest BCUT2D eigenvalue weighted by Crippen LogP contribution is -2.62. The van der Waals surface area contributed by atoms with Gasteiger partial charge in [0.25, 0.3) is 0 Å². The molecule has 0 saturated carbocycles. The molecule has 0 radical (unpaired) electrons. The molecular weight excluding hydrogens is 142 g/mol. The van der Waals surface area contributed by atoms with Crippen molar-refractivity contribution in [1.29, 1.82) is 0 Å². The Hall–Kier alpha value is -0.120. The quantitative estimate of drug-likeness (QED) is 0.613. The second-order valence-corrected chi connectivity index (χ2v) is 3.55. The number of hydrogen-bond donors (Lipinski definition) is 2. The number of rotatable bonds is 4. The van der Waals surface area contributed by atoms with E-state index in [1.165, 1.54) is 0 Å². The molecule has 1 aliphatic rings. The largest absolute Gasteiger partial charge is 0.396 e. The molecule has 0 atom stereocenters. The van der Waals surface area contributed by atoms with E-state index in [0.29, 0.717) is 6.04 Å². The molecule has 1 heterocycles. The summed E-state index contributed by atoms with van der Waals surface area (Å²) in [7, 11) is 0. The molecule has 1 fully saturated rings. The van der Waals surface area contributed by atoms with Crippen molar-refractivity contribution in [1.82, 2.24) is 5.32 Å². The lowest BCUT2D eigenvalue weighted by atomic mass is 9.92. The molecule has 0 aromatic carbocycles. The molecule has 0 unspecified atom stereocenters. The molecule has 0 amide bonds.